The summed E-state index contributed by atoms with van der Waals surface area (Å²) >= 11 is 5.56. The van der Waals surface area contributed by atoms with E-state index in [4.69, 9.17) is 4.42 Å². The minimum Gasteiger partial charge on any atom is -0.440 e. The largest absolute Gasteiger partial charge is 0.440 e. The van der Waals surface area contributed by atoms with Gasteiger partial charge in [0.05, 0.1) is 4.88 Å². The van der Waals surface area contributed by atoms with Gasteiger partial charge in [-0.1, -0.05) is 6.07 Å². The highest BCUT2D eigenvalue weighted by molar-refractivity contribution is 7.80. The maximum absolute atomic E-state index is 11.7. The topological polar surface area (TPSA) is 55.1 Å². The molecule has 17 heavy (non-hydrogen) atoms. The molecule has 1 amide bonds. The van der Waals surface area contributed by atoms with Gasteiger partial charge in [-0.05, 0) is 18.4 Å². The Bertz CT molecular complexity index is 506. The van der Waals surface area contributed by atoms with Crippen LogP contribution in [0.3, 0.4) is 0 Å². The van der Waals surface area contributed by atoms with Crippen LogP contribution in [0.2, 0.25) is 0 Å². The highest BCUT2D eigenvalue weighted by atomic mass is 32.1. The molecule has 90 valence electrons. The molecular weight excluding hydrogens is 256 g/mol. The van der Waals surface area contributed by atoms with Gasteiger partial charge in [-0.3, -0.25) is 4.79 Å². The van der Waals surface area contributed by atoms with Crippen LogP contribution in [0.1, 0.15) is 16.2 Å². The minimum absolute atomic E-state index is 0.219. The fraction of sp³-hybridized carbons (Fsp3) is 0.273. The van der Waals surface area contributed by atoms with Crippen molar-refractivity contribution in [3.8, 4) is 10.8 Å². The summed E-state index contributed by atoms with van der Waals surface area (Å²) in [5.41, 5.74) is 0.343. The third-order valence-electron chi connectivity index (χ3n) is 2.14. The van der Waals surface area contributed by atoms with Crippen LogP contribution in [0, 0.1) is 6.92 Å². The molecule has 0 aliphatic rings. The quantitative estimate of drug-likeness (QED) is 0.837. The molecule has 0 atom stereocenters. The number of nitrogens with zero attached hydrogens (tertiary/aromatic N) is 1. The molecule has 0 saturated heterocycles. The van der Waals surface area contributed by atoms with E-state index in [1.807, 2.05) is 17.5 Å². The average Bonchev–Trinajstić information content (AvgIpc) is 2.94. The molecule has 2 heterocycles. The van der Waals surface area contributed by atoms with Crippen LogP contribution >= 0.6 is 24.0 Å². The second kappa shape index (κ2) is 5.37. The molecule has 0 bridgehead atoms. The highest BCUT2D eigenvalue weighted by Gasteiger charge is 2.17. The molecule has 0 saturated carbocycles. The third-order valence-corrected chi connectivity index (χ3v) is 3.22. The molecule has 4 nitrogen and oxygen atoms in total. The van der Waals surface area contributed by atoms with Gasteiger partial charge in [-0.15, -0.1) is 11.3 Å². The van der Waals surface area contributed by atoms with Crippen molar-refractivity contribution < 1.29 is 9.21 Å². The van der Waals surface area contributed by atoms with Crippen LogP contribution < -0.4 is 5.32 Å². The van der Waals surface area contributed by atoms with Crippen LogP contribution in [-0.4, -0.2) is 23.2 Å². The average molecular weight is 268 g/mol. The van der Waals surface area contributed by atoms with Crippen LogP contribution in [0.15, 0.2) is 21.9 Å². The first-order valence-corrected chi connectivity index (χ1v) is 6.64. The summed E-state index contributed by atoms with van der Waals surface area (Å²) in [7, 11) is 0. The number of carbonyl (C=O) groups is 1. The monoisotopic (exact) mass is 268 g/mol. The number of hydrogen-bond acceptors (Lipinski definition) is 5. The van der Waals surface area contributed by atoms with Gasteiger partial charge in [0.2, 0.25) is 5.89 Å². The molecule has 2 aromatic heterocycles. The Morgan fingerprint density at radius 3 is 3.12 bits per heavy atom. The fourth-order valence-corrected chi connectivity index (χ4v) is 2.13. The lowest BCUT2D eigenvalue weighted by molar-refractivity contribution is 0.0950. The predicted molar refractivity (Wildman–Crippen MR) is 70.7 cm³/mol. The standard InChI is InChI=1S/C11H12N2O2S2/c1-7-9(10(14)12-4-5-16)13-11(15-7)8-3-2-6-17-8/h2-3,6,16H,4-5H2,1H3,(H,12,14). The van der Waals surface area contributed by atoms with E-state index in [0.29, 0.717) is 29.6 Å². The number of hydrogen-bond donors (Lipinski definition) is 2. The van der Waals surface area contributed by atoms with Crippen LogP contribution in [0.25, 0.3) is 10.8 Å². The molecule has 0 aliphatic carbocycles. The number of rotatable bonds is 4. The van der Waals surface area contributed by atoms with Crippen molar-refractivity contribution in [2.24, 2.45) is 0 Å². The van der Waals surface area contributed by atoms with E-state index in [1.54, 1.807) is 6.92 Å². The van der Waals surface area contributed by atoms with Crippen molar-refractivity contribution >= 4 is 29.9 Å². The molecule has 2 aromatic rings. The van der Waals surface area contributed by atoms with Gasteiger partial charge in [0.25, 0.3) is 5.91 Å². The van der Waals surface area contributed by atoms with E-state index in [2.05, 4.69) is 22.9 Å². The van der Waals surface area contributed by atoms with Gasteiger partial charge in [-0.2, -0.15) is 12.6 Å². The highest BCUT2D eigenvalue weighted by Crippen LogP contribution is 2.25. The lowest BCUT2D eigenvalue weighted by Gasteiger charge is -1.98. The Labute approximate surface area is 108 Å². The number of thiol groups is 1. The maximum atomic E-state index is 11.7. The van der Waals surface area contributed by atoms with E-state index >= 15 is 0 Å². The Balaban J connectivity index is 2.22. The second-order valence-corrected chi connectivity index (χ2v) is 4.78. The maximum Gasteiger partial charge on any atom is 0.273 e. The van der Waals surface area contributed by atoms with Crippen LogP contribution in [0.4, 0.5) is 0 Å². The van der Waals surface area contributed by atoms with Crippen LogP contribution in [-0.2, 0) is 0 Å². The molecule has 0 radical (unpaired) electrons. The van der Waals surface area contributed by atoms with E-state index in [9.17, 15) is 4.79 Å². The van der Waals surface area contributed by atoms with Crippen molar-refractivity contribution in [2.45, 2.75) is 6.92 Å². The molecule has 1 N–H and O–H groups in total. The van der Waals surface area contributed by atoms with Gasteiger partial charge in [-0.25, -0.2) is 4.98 Å². The van der Waals surface area contributed by atoms with Crippen molar-refractivity contribution in [1.29, 1.82) is 0 Å². The zero-order valence-corrected chi connectivity index (χ0v) is 11.0. The summed E-state index contributed by atoms with van der Waals surface area (Å²) in [4.78, 5) is 16.9. The summed E-state index contributed by atoms with van der Waals surface area (Å²) in [6.07, 6.45) is 0. The summed E-state index contributed by atoms with van der Waals surface area (Å²) in [6.45, 7) is 2.25. The first-order valence-electron chi connectivity index (χ1n) is 5.12. The lowest BCUT2D eigenvalue weighted by atomic mass is 10.3. The molecule has 0 aliphatic heterocycles. The first kappa shape index (κ1) is 12.2. The summed E-state index contributed by atoms with van der Waals surface area (Å²) in [5.74, 6) is 1.40. The van der Waals surface area contributed by atoms with Gasteiger partial charge in [0, 0.05) is 12.3 Å². The predicted octanol–water partition coefficient (Wildman–Crippen LogP) is 2.37. The smallest absolute Gasteiger partial charge is 0.273 e. The van der Waals surface area contributed by atoms with E-state index < -0.39 is 0 Å². The van der Waals surface area contributed by atoms with Crippen molar-refractivity contribution in [2.75, 3.05) is 12.3 Å². The van der Waals surface area contributed by atoms with E-state index in [1.165, 1.54) is 11.3 Å². The Morgan fingerprint density at radius 2 is 2.47 bits per heavy atom. The van der Waals surface area contributed by atoms with Gasteiger partial charge < -0.3 is 9.73 Å². The SMILES string of the molecule is Cc1oc(-c2cccs2)nc1C(=O)NCCS. The zero-order chi connectivity index (χ0) is 12.3. The number of oxazole rings is 1. The molecule has 0 unspecified atom stereocenters. The van der Waals surface area contributed by atoms with E-state index in [-0.39, 0.29) is 5.91 Å². The minimum atomic E-state index is -0.219. The molecule has 0 spiro atoms. The van der Waals surface area contributed by atoms with Gasteiger partial charge >= 0.3 is 0 Å². The van der Waals surface area contributed by atoms with Gasteiger partial charge in [0.1, 0.15) is 5.76 Å². The van der Waals surface area contributed by atoms with Crippen molar-refractivity contribution in [3.63, 3.8) is 0 Å². The number of carbonyl (C=O) groups excluding carboxylic acids is 1. The van der Waals surface area contributed by atoms with Crippen molar-refractivity contribution in [1.82, 2.24) is 10.3 Å². The first-order chi connectivity index (χ1) is 8.22. The summed E-state index contributed by atoms with van der Waals surface area (Å²) < 4.78 is 5.48. The fourth-order valence-electron chi connectivity index (χ4n) is 1.37. The summed E-state index contributed by atoms with van der Waals surface area (Å²) in [6, 6.07) is 3.82. The number of nitrogens with one attached hydrogen (secondary N) is 1. The van der Waals surface area contributed by atoms with E-state index in [0.717, 1.165) is 4.88 Å². The molecule has 0 aromatic carbocycles. The third kappa shape index (κ3) is 2.70. The second-order valence-electron chi connectivity index (χ2n) is 3.38. The lowest BCUT2D eigenvalue weighted by Crippen LogP contribution is -2.26. The number of aryl methyl sites for hydroxylation is 1. The Hall–Kier alpha value is -1.27. The molecule has 2 rings (SSSR count). The summed E-state index contributed by atoms with van der Waals surface area (Å²) in [5, 5.41) is 4.65. The number of aromatic nitrogens is 1. The zero-order valence-electron chi connectivity index (χ0n) is 9.27. The molecular formula is C11H12N2O2S2. The normalized spacial score (nSPS) is 10.5. The molecule has 6 heteroatoms. The van der Waals surface area contributed by atoms with Crippen LogP contribution in [0.5, 0.6) is 0 Å². The Morgan fingerprint density at radius 1 is 1.65 bits per heavy atom. The molecule has 0 fully saturated rings. The van der Waals surface area contributed by atoms with Gasteiger partial charge in [0.15, 0.2) is 5.69 Å². The number of amides is 1. The van der Waals surface area contributed by atoms with Crippen molar-refractivity contribution in [3.05, 3.63) is 29.0 Å². The Kier molecular flexibility index (Phi) is 3.86. The number of thiophene rings is 1.